The molecular formula is C70H44N8OPt2. The summed E-state index contributed by atoms with van der Waals surface area (Å²) in [5.41, 5.74) is 22.4. The number of aryl methyl sites for hydroxylation is 10. The van der Waals surface area contributed by atoms with E-state index >= 15 is 0 Å². The Morgan fingerprint density at radius 1 is 0.370 bits per heavy atom. The van der Waals surface area contributed by atoms with Crippen LogP contribution in [0.25, 0.3) is 109 Å². The van der Waals surface area contributed by atoms with Gasteiger partial charge in [0.1, 0.15) is 0 Å². The summed E-state index contributed by atoms with van der Waals surface area (Å²) in [7, 11) is 0. The summed E-state index contributed by atoms with van der Waals surface area (Å²) in [6.07, 6.45) is 14.1. The summed E-state index contributed by atoms with van der Waals surface area (Å²) in [6.45, 7) is 0. The van der Waals surface area contributed by atoms with E-state index in [-0.39, 0.29) is 42.1 Å². The number of imidazole rings is 4. The number of ether oxygens (including phenoxy) is 1. The van der Waals surface area contributed by atoms with E-state index in [1.165, 1.54) is 111 Å². The maximum Gasteiger partial charge on any atom is 2.00 e. The molecule has 4 aliphatic heterocycles. The van der Waals surface area contributed by atoms with Gasteiger partial charge in [0.25, 0.3) is 0 Å². The number of fused-ring (bicyclic) bond motifs is 12. The fourth-order valence-electron chi connectivity index (χ4n) is 14.8. The molecule has 0 N–H and O–H groups in total. The van der Waals surface area contributed by atoms with Crippen molar-refractivity contribution in [2.45, 2.75) is 64.2 Å². The molecule has 8 aromatic carbocycles. The molecule has 16 aromatic rings. The average Bonchev–Trinajstić information content (AvgIpc) is 4.50. The van der Waals surface area contributed by atoms with E-state index in [1.807, 2.05) is 36.7 Å². The van der Waals surface area contributed by atoms with Crippen molar-refractivity contribution in [1.29, 1.82) is 0 Å². The van der Waals surface area contributed by atoms with E-state index in [0.29, 0.717) is 11.5 Å². The largest absolute Gasteiger partial charge is 2.00 e. The molecule has 9 nitrogen and oxygen atoms in total. The normalized spacial score (nSPS) is 13.9. The quantitative estimate of drug-likeness (QED) is 0.127. The first-order valence-corrected chi connectivity index (χ1v) is 27.8. The third-order valence-corrected chi connectivity index (χ3v) is 18.1. The standard InChI is InChI=1S/C36H24N4.C34H20N4O.2Pt/c1-3-11-27-23(9-1)25-13-5-7-21-15-19-31-29(37-35(27)39(31)33(21)25)17-18-30-32-20-16-22-8-6-14-26-24-10-2-4-12-28(24)36(38-30)40(32)34(22)26;1-3-19-7-9-21-17-35-33-29-15-23(11-13-25(29)27(5-1)31(19)37(21)33)39-24-12-14-26-28-6-2-4-20-8-10-22-18-36-34(30(26)16-24)38(22)32(20)28;;/h1-10,13-14H,15-20H2;1-6,11-14,17-18H,7-10H2;;/q2*-2;2*+2. The van der Waals surface area contributed by atoms with Crippen LogP contribution in [-0.2, 0) is 106 Å². The molecule has 11 heteroatoms. The number of rotatable bonds is 5. The van der Waals surface area contributed by atoms with Gasteiger partial charge >= 0.3 is 42.1 Å². The summed E-state index contributed by atoms with van der Waals surface area (Å²) in [4.78, 5) is 20.3. The number of hydrogen-bond donors (Lipinski definition) is 0. The Kier molecular flexibility index (Phi) is 10.4. The maximum atomic E-state index is 6.42. The SMILES string of the molecule is [Pt+2].[Pt+2].[c-]1c(Oc2[c-]c3c(cc2)c2cccc4c2n2c(cnc32)CC4)ccc2c1c1ncc3n1c1c(cccc21)CC3.[c-]1cccc2c1c1nc(CCc3nc4c5[c-]cccc5c5cccc6c5n4c3CC6)c3n1c1c(cccc21)CC3. The minimum atomic E-state index is 0. The molecule has 0 amide bonds. The van der Waals surface area contributed by atoms with Crippen LogP contribution in [0.2, 0.25) is 0 Å². The van der Waals surface area contributed by atoms with Gasteiger partial charge in [-0.1, -0.05) is 129 Å². The Bertz CT molecular complexity index is 5120. The van der Waals surface area contributed by atoms with Gasteiger partial charge in [0.05, 0.1) is 34.0 Å². The van der Waals surface area contributed by atoms with Gasteiger partial charge in [-0.25, -0.2) is 0 Å². The van der Waals surface area contributed by atoms with Crippen molar-refractivity contribution in [3.05, 3.63) is 227 Å². The molecule has 0 saturated carbocycles. The van der Waals surface area contributed by atoms with Gasteiger partial charge in [-0.15, -0.1) is 71.4 Å². The fourth-order valence-corrected chi connectivity index (χ4v) is 14.8. The average molecular weight is 1400 g/mol. The van der Waals surface area contributed by atoms with Crippen LogP contribution in [0.15, 0.2) is 146 Å². The van der Waals surface area contributed by atoms with E-state index in [1.54, 1.807) is 0 Å². The van der Waals surface area contributed by atoms with Crippen LogP contribution in [0.4, 0.5) is 0 Å². The van der Waals surface area contributed by atoms with Crippen LogP contribution in [0.1, 0.15) is 56.4 Å². The van der Waals surface area contributed by atoms with Gasteiger partial charge in [0.15, 0.2) is 0 Å². The Balaban J connectivity index is 0.000000126. The summed E-state index contributed by atoms with van der Waals surface area (Å²) >= 11 is 0. The van der Waals surface area contributed by atoms with Crippen molar-refractivity contribution in [3.8, 4) is 11.5 Å². The van der Waals surface area contributed by atoms with Gasteiger partial charge in [0.2, 0.25) is 0 Å². The zero-order valence-electron chi connectivity index (χ0n) is 43.5. The van der Waals surface area contributed by atoms with Crippen molar-refractivity contribution >= 4 is 109 Å². The predicted molar refractivity (Wildman–Crippen MR) is 313 cm³/mol. The Hall–Kier alpha value is -8.22. The van der Waals surface area contributed by atoms with E-state index in [0.717, 1.165) is 119 Å². The van der Waals surface area contributed by atoms with Crippen molar-refractivity contribution in [3.63, 3.8) is 0 Å². The number of aromatic nitrogens is 8. The summed E-state index contributed by atoms with van der Waals surface area (Å²) in [6, 6.07) is 61.8. The van der Waals surface area contributed by atoms with Gasteiger partial charge < -0.3 is 22.3 Å². The van der Waals surface area contributed by atoms with E-state index in [4.69, 9.17) is 24.7 Å². The molecule has 8 aromatic heterocycles. The van der Waals surface area contributed by atoms with Crippen LogP contribution in [0.3, 0.4) is 0 Å². The summed E-state index contributed by atoms with van der Waals surface area (Å²) in [5.74, 6) is 1.31. The topological polar surface area (TPSA) is 78.4 Å². The fraction of sp³-hybridized carbons (Fsp3) is 0.143. The maximum absolute atomic E-state index is 6.42. The number of para-hydroxylation sites is 4. The second-order valence-corrected chi connectivity index (χ2v) is 22.1. The molecule has 0 fully saturated rings. The first-order chi connectivity index (χ1) is 39.2. The minimum absolute atomic E-state index is 0. The van der Waals surface area contributed by atoms with E-state index < -0.39 is 0 Å². The number of pyridine rings is 4. The van der Waals surface area contributed by atoms with Crippen molar-refractivity contribution < 1.29 is 46.9 Å². The zero-order valence-corrected chi connectivity index (χ0v) is 48.1. The summed E-state index contributed by atoms with van der Waals surface area (Å²) in [5, 5.41) is 14.1. The van der Waals surface area contributed by atoms with Crippen LogP contribution in [-0.4, -0.2) is 37.5 Å². The Morgan fingerprint density at radius 2 is 0.753 bits per heavy atom. The van der Waals surface area contributed by atoms with E-state index in [9.17, 15) is 0 Å². The number of benzene rings is 8. The molecule has 0 unspecified atom stereocenters. The van der Waals surface area contributed by atoms with Crippen LogP contribution >= 0.6 is 0 Å². The third-order valence-electron chi connectivity index (χ3n) is 18.1. The molecule has 0 aliphatic carbocycles. The molecule has 390 valence electrons. The monoisotopic (exact) mass is 1400 g/mol. The van der Waals surface area contributed by atoms with Gasteiger partial charge in [-0.3, -0.25) is 19.9 Å². The second-order valence-electron chi connectivity index (χ2n) is 22.1. The van der Waals surface area contributed by atoms with Crippen molar-refractivity contribution in [2.24, 2.45) is 0 Å². The number of hydrogen-bond acceptors (Lipinski definition) is 5. The molecule has 12 heterocycles. The second kappa shape index (κ2) is 17.6. The van der Waals surface area contributed by atoms with E-state index in [2.05, 4.69) is 151 Å². The predicted octanol–water partition coefficient (Wildman–Crippen LogP) is 14.4. The molecule has 0 atom stereocenters. The van der Waals surface area contributed by atoms with Crippen molar-refractivity contribution in [2.75, 3.05) is 0 Å². The smallest absolute Gasteiger partial charge is 0.497 e. The van der Waals surface area contributed by atoms with Crippen LogP contribution < -0.4 is 4.74 Å². The molecule has 0 spiro atoms. The Labute approximate surface area is 492 Å². The van der Waals surface area contributed by atoms with Crippen molar-refractivity contribution in [1.82, 2.24) is 37.5 Å². The molecule has 20 rings (SSSR count). The molecule has 81 heavy (non-hydrogen) atoms. The number of nitrogens with zero attached hydrogens (tertiary/aromatic N) is 8. The minimum Gasteiger partial charge on any atom is -0.497 e. The van der Waals surface area contributed by atoms with Crippen LogP contribution in [0, 0.1) is 24.3 Å². The zero-order chi connectivity index (χ0) is 51.2. The van der Waals surface area contributed by atoms with Gasteiger partial charge in [-0.05, 0) is 108 Å². The first-order valence-electron chi connectivity index (χ1n) is 27.8. The Morgan fingerprint density at radius 3 is 1.19 bits per heavy atom. The molecule has 0 radical (unpaired) electrons. The third kappa shape index (κ3) is 6.56. The molecular weight excluding hydrogens is 1360 g/mol. The molecule has 0 bridgehead atoms. The first kappa shape index (κ1) is 47.6. The van der Waals surface area contributed by atoms with Gasteiger partial charge in [-0.2, -0.15) is 0 Å². The molecule has 0 saturated heterocycles. The van der Waals surface area contributed by atoms with Gasteiger partial charge in [0, 0.05) is 68.7 Å². The van der Waals surface area contributed by atoms with Crippen LogP contribution in [0.5, 0.6) is 11.5 Å². The molecule has 4 aliphatic rings. The summed E-state index contributed by atoms with van der Waals surface area (Å²) < 4.78 is 15.9.